The van der Waals surface area contributed by atoms with Crippen LogP contribution >= 0.6 is 0 Å². The van der Waals surface area contributed by atoms with Gasteiger partial charge in [-0.05, 0) is 25.3 Å². The van der Waals surface area contributed by atoms with Gasteiger partial charge in [0.25, 0.3) is 5.69 Å². The lowest BCUT2D eigenvalue weighted by molar-refractivity contribution is -0.385. The fourth-order valence-corrected chi connectivity index (χ4v) is 2.94. The van der Waals surface area contributed by atoms with E-state index in [1.165, 1.54) is 12.3 Å². The van der Waals surface area contributed by atoms with Crippen LogP contribution in [-0.4, -0.2) is 46.9 Å². The number of nitro groups is 1. The van der Waals surface area contributed by atoms with Crippen LogP contribution in [0, 0.1) is 16.0 Å². The number of pyridine rings is 1. The standard InChI is InChI=1S/C16H24N4O3/c1-3-13(4-2)16(21)19-9-5-8-18(10-11-19)15-7-6-14(12-17-15)20(22)23/h6-7,12-13H,3-5,8-11H2,1-2H3. The average molecular weight is 320 g/mol. The number of amides is 1. The number of rotatable bonds is 5. The van der Waals surface area contributed by atoms with Crippen molar-refractivity contribution in [1.29, 1.82) is 0 Å². The lowest BCUT2D eigenvalue weighted by Gasteiger charge is -2.25. The Hall–Kier alpha value is -2.18. The maximum Gasteiger partial charge on any atom is 0.287 e. The molecular formula is C16H24N4O3. The van der Waals surface area contributed by atoms with Gasteiger partial charge >= 0.3 is 0 Å². The van der Waals surface area contributed by atoms with Gasteiger partial charge in [0.15, 0.2) is 0 Å². The quantitative estimate of drug-likeness (QED) is 0.615. The minimum atomic E-state index is -0.449. The zero-order chi connectivity index (χ0) is 16.8. The van der Waals surface area contributed by atoms with Crippen LogP contribution in [-0.2, 0) is 4.79 Å². The van der Waals surface area contributed by atoms with Crippen LogP contribution in [0.25, 0.3) is 0 Å². The van der Waals surface area contributed by atoms with Crippen molar-refractivity contribution < 1.29 is 9.72 Å². The van der Waals surface area contributed by atoms with Crippen molar-refractivity contribution in [3.05, 3.63) is 28.4 Å². The molecule has 0 unspecified atom stereocenters. The zero-order valence-corrected chi connectivity index (χ0v) is 13.8. The minimum absolute atomic E-state index is 0.00545. The molecule has 0 aliphatic carbocycles. The molecule has 0 N–H and O–H groups in total. The summed E-state index contributed by atoms with van der Waals surface area (Å²) in [5.41, 5.74) is -0.00545. The molecule has 0 radical (unpaired) electrons. The van der Waals surface area contributed by atoms with Crippen LogP contribution in [0.15, 0.2) is 18.3 Å². The molecule has 126 valence electrons. The number of carbonyl (C=O) groups is 1. The molecule has 1 aromatic rings. The molecular weight excluding hydrogens is 296 g/mol. The van der Waals surface area contributed by atoms with Gasteiger partial charge in [0.1, 0.15) is 12.0 Å². The third-order valence-corrected chi connectivity index (χ3v) is 4.41. The van der Waals surface area contributed by atoms with Gasteiger partial charge < -0.3 is 9.80 Å². The molecule has 2 heterocycles. The Morgan fingerprint density at radius 2 is 2.00 bits per heavy atom. The van der Waals surface area contributed by atoms with Gasteiger partial charge in [-0.25, -0.2) is 4.98 Å². The van der Waals surface area contributed by atoms with E-state index < -0.39 is 4.92 Å². The predicted octanol–water partition coefficient (Wildman–Crippen LogP) is 2.46. The highest BCUT2D eigenvalue weighted by atomic mass is 16.6. The Morgan fingerprint density at radius 1 is 1.26 bits per heavy atom. The number of anilines is 1. The summed E-state index contributed by atoms with van der Waals surface area (Å²) >= 11 is 0. The Kier molecular flexibility index (Phi) is 5.90. The number of carbonyl (C=O) groups excluding carboxylic acids is 1. The lowest BCUT2D eigenvalue weighted by Crippen LogP contribution is -2.38. The van der Waals surface area contributed by atoms with Gasteiger partial charge in [-0.1, -0.05) is 13.8 Å². The highest BCUT2D eigenvalue weighted by Crippen LogP contribution is 2.19. The number of aromatic nitrogens is 1. The number of nitrogens with zero attached hydrogens (tertiary/aromatic N) is 4. The second-order valence-corrected chi connectivity index (χ2v) is 5.81. The van der Waals surface area contributed by atoms with Crippen molar-refractivity contribution in [3.63, 3.8) is 0 Å². The van der Waals surface area contributed by atoms with Gasteiger partial charge in [0.2, 0.25) is 5.91 Å². The summed E-state index contributed by atoms with van der Waals surface area (Å²) in [6, 6.07) is 3.15. The summed E-state index contributed by atoms with van der Waals surface area (Å²) in [7, 11) is 0. The fourth-order valence-electron chi connectivity index (χ4n) is 2.94. The van der Waals surface area contributed by atoms with Gasteiger partial charge in [-0.3, -0.25) is 14.9 Å². The van der Waals surface area contributed by atoms with Crippen molar-refractivity contribution in [2.24, 2.45) is 5.92 Å². The molecule has 7 nitrogen and oxygen atoms in total. The first-order valence-electron chi connectivity index (χ1n) is 8.21. The summed E-state index contributed by atoms with van der Waals surface area (Å²) < 4.78 is 0. The van der Waals surface area contributed by atoms with Crippen LogP contribution < -0.4 is 4.90 Å². The van der Waals surface area contributed by atoms with E-state index in [-0.39, 0.29) is 17.5 Å². The van der Waals surface area contributed by atoms with Crippen molar-refractivity contribution in [3.8, 4) is 0 Å². The van der Waals surface area contributed by atoms with Crippen LogP contribution in [0.3, 0.4) is 0 Å². The van der Waals surface area contributed by atoms with Gasteiger partial charge in [-0.15, -0.1) is 0 Å². The molecule has 7 heteroatoms. The molecule has 2 rings (SSSR count). The van der Waals surface area contributed by atoms with E-state index in [1.807, 2.05) is 4.90 Å². The van der Waals surface area contributed by atoms with Crippen molar-refractivity contribution in [2.75, 3.05) is 31.1 Å². The van der Waals surface area contributed by atoms with E-state index in [1.54, 1.807) is 6.07 Å². The number of hydrogen-bond donors (Lipinski definition) is 0. The largest absolute Gasteiger partial charge is 0.355 e. The second-order valence-electron chi connectivity index (χ2n) is 5.81. The normalized spacial score (nSPS) is 15.6. The van der Waals surface area contributed by atoms with E-state index in [9.17, 15) is 14.9 Å². The summed E-state index contributed by atoms with van der Waals surface area (Å²) in [4.78, 5) is 31.0. The second kappa shape index (κ2) is 7.89. The maximum absolute atomic E-state index is 12.5. The predicted molar refractivity (Wildman–Crippen MR) is 88.4 cm³/mol. The Labute approximate surface area is 136 Å². The van der Waals surface area contributed by atoms with Gasteiger partial charge in [0, 0.05) is 38.2 Å². The van der Waals surface area contributed by atoms with Crippen LogP contribution in [0.2, 0.25) is 0 Å². The first-order valence-corrected chi connectivity index (χ1v) is 8.21. The lowest BCUT2D eigenvalue weighted by atomic mass is 10.0. The molecule has 0 bridgehead atoms. The monoisotopic (exact) mass is 320 g/mol. The molecule has 1 aliphatic heterocycles. The molecule has 1 aliphatic rings. The Balaban J connectivity index is 2.00. The van der Waals surface area contributed by atoms with Crippen molar-refractivity contribution >= 4 is 17.4 Å². The molecule has 0 spiro atoms. The first kappa shape index (κ1) is 17.2. The summed E-state index contributed by atoms with van der Waals surface area (Å²) in [5, 5.41) is 10.7. The first-order chi connectivity index (χ1) is 11.1. The molecule has 1 amide bonds. The van der Waals surface area contributed by atoms with Gasteiger partial charge in [-0.2, -0.15) is 0 Å². The Morgan fingerprint density at radius 3 is 2.57 bits per heavy atom. The molecule has 0 saturated carbocycles. The number of hydrogen-bond acceptors (Lipinski definition) is 5. The minimum Gasteiger partial charge on any atom is -0.355 e. The molecule has 1 aromatic heterocycles. The smallest absolute Gasteiger partial charge is 0.287 e. The van der Waals surface area contributed by atoms with Gasteiger partial charge in [0.05, 0.1) is 4.92 Å². The summed E-state index contributed by atoms with van der Waals surface area (Å²) in [6.45, 7) is 7.05. The van der Waals surface area contributed by atoms with E-state index in [0.29, 0.717) is 13.1 Å². The highest BCUT2D eigenvalue weighted by Gasteiger charge is 2.24. The third-order valence-electron chi connectivity index (χ3n) is 4.41. The average Bonchev–Trinajstić information content (AvgIpc) is 2.82. The molecule has 1 fully saturated rings. The molecule has 1 saturated heterocycles. The molecule has 0 atom stereocenters. The van der Waals surface area contributed by atoms with Crippen molar-refractivity contribution in [1.82, 2.24) is 9.88 Å². The summed E-state index contributed by atoms with van der Waals surface area (Å²) in [5.74, 6) is 1.08. The van der Waals surface area contributed by atoms with Crippen LogP contribution in [0.5, 0.6) is 0 Å². The zero-order valence-electron chi connectivity index (χ0n) is 13.8. The molecule has 23 heavy (non-hydrogen) atoms. The van der Waals surface area contributed by atoms with Crippen LogP contribution in [0.1, 0.15) is 33.1 Å². The van der Waals surface area contributed by atoms with E-state index in [2.05, 4.69) is 23.7 Å². The molecule has 0 aromatic carbocycles. The maximum atomic E-state index is 12.5. The van der Waals surface area contributed by atoms with Crippen molar-refractivity contribution in [2.45, 2.75) is 33.1 Å². The third kappa shape index (κ3) is 4.18. The Bertz CT molecular complexity index is 543. The summed E-state index contributed by atoms with van der Waals surface area (Å²) in [6.07, 6.45) is 3.91. The topological polar surface area (TPSA) is 79.6 Å². The SMILES string of the molecule is CCC(CC)C(=O)N1CCCN(c2ccc([N+](=O)[O-])cn2)CC1. The van der Waals surface area contributed by atoms with E-state index >= 15 is 0 Å². The van der Waals surface area contributed by atoms with E-state index in [0.717, 1.165) is 38.2 Å². The van der Waals surface area contributed by atoms with E-state index in [4.69, 9.17) is 0 Å². The fraction of sp³-hybridized carbons (Fsp3) is 0.625. The highest BCUT2D eigenvalue weighted by molar-refractivity contribution is 5.78. The van der Waals surface area contributed by atoms with Crippen LogP contribution in [0.4, 0.5) is 11.5 Å².